The molecule has 0 saturated carbocycles. The third kappa shape index (κ3) is 3.22. The molecule has 0 aliphatic carbocycles. The van der Waals surface area contributed by atoms with Gasteiger partial charge in [-0.15, -0.1) is 10.2 Å². The van der Waals surface area contributed by atoms with Gasteiger partial charge in [-0.05, 0) is 38.1 Å². The summed E-state index contributed by atoms with van der Waals surface area (Å²) in [6, 6.07) is 13.8. The van der Waals surface area contributed by atoms with E-state index in [9.17, 15) is 0 Å². The fourth-order valence-corrected chi connectivity index (χ4v) is 3.08. The Labute approximate surface area is 152 Å². The van der Waals surface area contributed by atoms with Crippen molar-refractivity contribution in [3.63, 3.8) is 0 Å². The molecule has 134 valence electrons. The summed E-state index contributed by atoms with van der Waals surface area (Å²) < 4.78 is 17.1. The van der Waals surface area contributed by atoms with Crippen molar-refractivity contribution < 1.29 is 13.9 Å². The van der Waals surface area contributed by atoms with Crippen molar-refractivity contribution in [1.82, 2.24) is 10.2 Å². The number of aryl methyl sites for hydroxylation is 1. The molecule has 26 heavy (non-hydrogen) atoms. The van der Waals surface area contributed by atoms with Gasteiger partial charge in [0.2, 0.25) is 11.8 Å². The lowest BCUT2D eigenvalue weighted by Gasteiger charge is -2.34. The number of nitrogens with zero attached hydrogens (tertiary/aromatic N) is 3. The lowest BCUT2D eigenvalue weighted by Crippen LogP contribution is -2.38. The number of anilines is 1. The third-order valence-electron chi connectivity index (χ3n) is 4.40. The quantitative estimate of drug-likeness (QED) is 0.712. The molecule has 1 unspecified atom stereocenters. The van der Waals surface area contributed by atoms with Crippen LogP contribution in [0, 0.1) is 6.92 Å². The molecule has 0 spiro atoms. The fraction of sp³-hybridized carbons (Fsp3) is 0.300. The van der Waals surface area contributed by atoms with Gasteiger partial charge < -0.3 is 18.8 Å². The number of hydrogen-bond donors (Lipinski definition) is 0. The van der Waals surface area contributed by atoms with Crippen molar-refractivity contribution in [2.24, 2.45) is 0 Å². The van der Waals surface area contributed by atoms with Crippen LogP contribution in [0.4, 0.5) is 5.69 Å². The van der Waals surface area contributed by atoms with Crippen molar-refractivity contribution in [2.75, 3.05) is 18.6 Å². The second-order valence-electron chi connectivity index (χ2n) is 6.51. The second-order valence-corrected chi connectivity index (χ2v) is 6.51. The average Bonchev–Trinajstić information content (AvgIpc) is 3.10. The van der Waals surface area contributed by atoms with E-state index in [1.165, 1.54) is 5.56 Å². The first-order valence-electron chi connectivity index (χ1n) is 8.61. The molecule has 0 saturated heterocycles. The molecule has 2 aromatic carbocycles. The van der Waals surface area contributed by atoms with Crippen LogP contribution in [0.3, 0.4) is 0 Å². The maximum Gasteiger partial charge on any atom is 0.247 e. The minimum atomic E-state index is 0.0791. The van der Waals surface area contributed by atoms with Crippen LogP contribution in [0.2, 0.25) is 0 Å². The first-order chi connectivity index (χ1) is 12.6. The molecule has 2 heterocycles. The summed E-state index contributed by atoms with van der Waals surface area (Å²) in [5.74, 6) is 2.73. The van der Waals surface area contributed by atoms with Gasteiger partial charge in [-0.25, -0.2) is 0 Å². The molecule has 0 amide bonds. The topological polar surface area (TPSA) is 60.6 Å². The SMILES string of the molecule is COc1ccc2c(c1)N(Cc1nnc(-c3ccc(C)cc3)o1)CC(C)O2. The number of hydrogen-bond acceptors (Lipinski definition) is 6. The Morgan fingerprint density at radius 2 is 1.96 bits per heavy atom. The van der Waals surface area contributed by atoms with Crippen LogP contribution in [0.15, 0.2) is 46.9 Å². The van der Waals surface area contributed by atoms with E-state index < -0.39 is 0 Å². The zero-order chi connectivity index (χ0) is 18.1. The Kier molecular flexibility index (Phi) is 4.24. The van der Waals surface area contributed by atoms with Gasteiger partial charge in [0, 0.05) is 11.6 Å². The third-order valence-corrected chi connectivity index (χ3v) is 4.40. The molecular formula is C20H21N3O3. The fourth-order valence-electron chi connectivity index (χ4n) is 3.08. The van der Waals surface area contributed by atoms with Crippen LogP contribution >= 0.6 is 0 Å². The zero-order valence-electron chi connectivity index (χ0n) is 15.1. The van der Waals surface area contributed by atoms with E-state index >= 15 is 0 Å². The van der Waals surface area contributed by atoms with Gasteiger partial charge in [0.05, 0.1) is 25.9 Å². The molecular weight excluding hydrogens is 330 g/mol. The predicted octanol–water partition coefficient (Wildman–Crippen LogP) is 3.84. The number of fused-ring (bicyclic) bond motifs is 1. The highest BCUT2D eigenvalue weighted by molar-refractivity contribution is 5.63. The lowest BCUT2D eigenvalue weighted by atomic mass is 10.1. The van der Waals surface area contributed by atoms with E-state index in [1.807, 2.05) is 56.3 Å². The largest absolute Gasteiger partial charge is 0.497 e. The van der Waals surface area contributed by atoms with Crippen LogP contribution in [0.25, 0.3) is 11.5 Å². The molecule has 0 radical (unpaired) electrons. The summed E-state index contributed by atoms with van der Waals surface area (Å²) in [6.45, 7) is 5.36. The highest BCUT2D eigenvalue weighted by Crippen LogP contribution is 2.37. The molecule has 0 N–H and O–H groups in total. The summed E-state index contributed by atoms with van der Waals surface area (Å²) in [7, 11) is 1.66. The minimum absolute atomic E-state index is 0.0791. The van der Waals surface area contributed by atoms with Gasteiger partial charge in [0.1, 0.15) is 17.6 Å². The van der Waals surface area contributed by atoms with E-state index in [1.54, 1.807) is 7.11 Å². The molecule has 4 rings (SSSR count). The smallest absolute Gasteiger partial charge is 0.247 e. The van der Waals surface area contributed by atoms with Gasteiger partial charge in [0.25, 0.3) is 0 Å². The minimum Gasteiger partial charge on any atom is -0.497 e. The van der Waals surface area contributed by atoms with Crippen molar-refractivity contribution in [3.05, 3.63) is 53.9 Å². The van der Waals surface area contributed by atoms with Crippen LogP contribution in [-0.2, 0) is 6.54 Å². The van der Waals surface area contributed by atoms with E-state index in [-0.39, 0.29) is 6.10 Å². The summed E-state index contributed by atoms with van der Waals surface area (Å²) >= 11 is 0. The Bertz CT molecular complexity index is 905. The van der Waals surface area contributed by atoms with E-state index in [4.69, 9.17) is 13.9 Å². The van der Waals surface area contributed by atoms with E-state index in [2.05, 4.69) is 15.1 Å². The summed E-state index contributed by atoms with van der Waals surface area (Å²) in [6.07, 6.45) is 0.0791. The molecule has 1 atom stereocenters. The van der Waals surface area contributed by atoms with Gasteiger partial charge in [-0.2, -0.15) is 0 Å². The van der Waals surface area contributed by atoms with Crippen LogP contribution < -0.4 is 14.4 Å². The van der Waals surface area contributed by atoms with Gasteiger partial charge in [-0.3, -0.25) is 0 Å². The predicted molar refractivity (Wildman–Crippen MR) is 98.6 cm³/mol. The molecule has 1 aliphatic rings. The van der Waals surface area contributed by atoms with Crippen molar-refractivity contribution >= 4 is 5.69 Å². The van der Waals surface area contributed by atoms with Crippen LogP contribution in [0.5, 0.6) is 11.5 Å². The molecule has 1 aromatic heterocycles. The molecule has 0 fully saturated rings. The Morgan fingerprint density at radius 3 is 2.73 bits per heavy atom. The molecule has 3 aromatic rings. The average molecular weight is 351 g/mol. The molecule has 6 nitrogen and oxygen atoms in total. The van der Waals surface area contributed by atoms with Crippen molar-refractivity contribution in [1.29, 1.82) is 0 Å². The highest BCUT2D eigenvalue weighted by atomic mass is 16.5. The van der Waals surface area contributed by atoms with Gasteiger partial charge >= 0.3 is 0 Å². The van der Waals surface area contributed by atoms with Crippen molar-refractivity contribution in [2.45, 2.75) is 26.5 Å². The number of aromatic nitrogens is 2. The normalized spacial score (nSPS) is 16.1. The lowest BCUT2D eigenvalue weighted by molar-refractivity contribution is 0.210. The van der Waals surface area contributed by atoms with Gasteiger partial charge in [0.15, 0.2) is 0 Å². The zero-order valence-corrected chi connectivity index (χ0v) is 15.1. The van der Waals surface area contributed by atoms with Crippen LogP contribution in [-0.4, -0.2) is 30.0 Å². The number of methoxy groups -OCH3 is 1. The Morgan fingerprint density at radius 1 is 1.15 bits per heavy atom. The Hall–Kier alpha value is -3.02. The second kappa shape index (κ2) is 6.71. The molecule has 6 heteroatoms. The number of rotatable bonds is 4. The first kappa shape index (κ1) is 16.4. The van der Waals surface area contributed by atoms with Crippen LogP contribution in [0.1, 0.15) is 18.4 Å². The maximum absolute atomic E-state index is 5.92. The number of benzene rings is 2. The summed E-state index contributed by atoms with van der Waals surface area (Å²) in [5.41, 5.74) is 3.09. The highest BCUT2D eigenvalue weighted by Gasteiger charge is 2.25. The van der Waals surface area contributed by atoms with E-state index in [0.717, 1.165) is 29.3 Å². The molecule has 1 aliphatic heterocycles. The number of ether oxygens (including phenoxy) is 2. The Balaban J connectivity index is 1.59. The van der Waals surface area contributed by atoms with E-state index in [0.29, 0.717) is 18.3 Å². The standard InChI is InChI=1S/C20H21N3O3/c1-13-4-6-15(7-5-13)20-22-21-19(26-20)12-23-11-14(2)25-18-9-8-16(24-3)10-17(18)23/h4-10,14H,11-12H2,1-3H3. The van der Waals surface area contributed by atoms with Gasteiger partial charge in [-0.1, -0.05) is 17.7 Å². The van der Waals surface area contributed by atoms with Crippen molar-refractivity contribution in [3.8, 4) is 23.0 Å². The summed E-state index contributed by atoms with van der Waals surface area (Å²) in [4.78, 5) is 2.18. The maximum atomic E-state index is 5.92. The first-order valence-corrected chi connectivity index (χ1v) is 8.61. The summed E-state index contributed by atoms with van der Waals surface area (Å²) in [5, 5.41) is 8.41. The molecule has 0 bridgehead atoms. The monoisotopic (exact) mass is 351 g/mol.